The Labute approximate surface area is 125 Å². The van der Waals surface area contributed by atoms with E-state index in [9.17, 15) is 4.79 Å². The Hall–Kier alpha value is -2.49. The van der Waals surface area contributed by atoms with Crippen LogP contribution in [-0.4, -0.2) is 24.9 Å². The molecule has 0 unspecified atom stereocenters. The number of hydrogen-bond donors (Lipinski definition) is 2. The highest BCUT2D eigenvalue weighted by molar-refractivity contribution is 5.95. The minimum absolute atomic E-state index is 0.0337. The van der Waals surface area contributed by atoms with Gasteiger partial charge < -0.3 is 16.0 Å². The van der Waals surface area contributed by atoms with Crippen LogP contribution in [-0.2, 0) is 6.54 Å². The number of carbonyl (C=O) groups is 1. The normalized spacial score (nSPS) is 10.2. The summed E-state index contributed by atoms with van der Waals surface area (Å²) < 4.78 is 0. The van der Waals surface area contributed by atoms with Gasteiger partial charge in [0.1, 0.15) is 0 Å². The molecule has 0 aliphatic rings. The van der Waals surface area contributed by atoms with Crippen molar-refractivity contribution in [2.45, 2.75) is 13.5 Å². The van der Waals surface area contributed by atoms with E-state index in [1.807, 2.05) is 6.07 Å². The van der Waals surface area contributed by atoms with E-state index in [2.05, 4.69) is 30.4 Å². The van der Waals surface area contributed by atoms with Gasteiger partial charge in [0.2, 0.25) is 0 Å². The quantitative estimate of drug-likeness (QED) is 0.848. The van der Waals surface area contributed by atoms with Gasteiger partial charge in [0.15, 0.2) is 0 Å². The molecule has 21 heavy (non-hydrogen) atoms. The lowest BCUT2D eigenvalue weighted by molar-refractivity contribution is 0.0827. The number of hydrogen-bond acceptors (Lipinski definition) is 3. The molecular weight excluding hydrogens is 262 g/mol. The standard InChI is InChI=1S/C17H21N3O/c1-12-5-4-6-13(9-12)11-19-16-10-14(7-8-15(16)18)17(21)20(2)3/h4-10,19H,11,18H2,1-3H3. The zero-order chi connectivity index (χ0) is 15.4. The number of amides is 1. The Morgan fingerprint density at radius 2 is 1.95 bits per heavy atom. The molecule has 4 nitrogen and oxygen atoms in total. The van der Waals surface area contributed by atoms with Gasteiger partial charge in [0.05, 0.1) is 11.4 Å². The van der Waals surface area contributed by atoms with Crippen LogP contribution >= 0.6 is 0 Å². The number of nitrogens with two attached hydrogens (primary N) is 1. The Morgan fingerprint density at radius 1 is 1.19 bits per heavy atom. The van der Waals surface area contributed by atoms with E-state index < -0.39 is 0 Å². The van der Waals surface area contributed by atoms with Gasteiger partial charge in [-0.05, 0) is 30.7 Å². The van der Waals surface area contributed by atoms with E-state index in [1.165, 1.54) is 11.1 Å². The molecule has 110 valence electrons. The molecule has 0 radical (unpaired) electrons. The lowest BCUT2D eigenvalue weighted by Crippen LogP contribution is -2.21. The molecule has 4 heteroatoms. The largest absolute Gasteiger partial charge is 0.397 e. The zero-order valence-electron chi connectivity index (χ0n) is 12.7. The number of nitrogen functional groups attached to an aromatic ring is 1. The maximum Gasteiger partial charge on any atom is 0.253 e. The van der Waals surface area contributed by atoms with Gasteiger partial charge in [-0.3, -0.25) is 4.79 Å². The Kier molecular flexibility index (Phi) is 4.48. The van der Waals surface area contributed by atoms with Crippen LogP contribution in [0.1, 0.15) is 21.5 Å². The van der Waals surface area contributed by atoms with Crippen LogP contribution in [0.15, 0.2) is 42.5 Å². The van der Waals surface area contributed by atoms with Crippen molar-refractivity contribution in [2.24, 2.45) is 0 Å². The van der Waals surface area contributed by atoms with Crippen LogP contribution in [0, 0.1) is 6.92 Å². The fourth-order valence-corrected chi connectivity index (χ4v) is 2.12. The molecule has 1 amide bonds. The van der Waals surface area contributed by atoms with Crippen molar-refractivity contribution in [3.05, 3.63) is 59.2 Å². The number of carbonyl (C=O) groups excluding carboxylic acids is 1. The number of benzene rings is 2. The summed E-state index contributed by atoms with van der Waals surface area (Å²) in [6, 6.07) is 13.6. The van der Waals surface area contributed by atoms with Crippen LogP contribution in [0.2, 0.25) is 0 Å². The monoisotopic (exact) mass is 283 g/mol. The smallest absolute Gasteiger partial charge is 0.253 e. The van der Waals surface area contributed by atoms with Crippen molar-refractivity contribution in [3.63, 3.8) is 0 Å². The minimum Gasteiger partial charge on any atom is -0.397 e. The molecule has 2 aromatic carbocycles. The third kappa shape index (κ3) is 3.75. The molecule has 0 saturated heterocycles. The van der Waals surface area contributed by atoms with Crippen LogP contribution < -0.4 is 11.1 Å². The van der Waals surface area contributed by atoms with Crippen LogP contribution in [0.5, 0.6) is 0 Å². The van der Waals surface area contributed by atoms with Crippen molar-refractivity contribution in [3.8, 4) is 0 Å². The average molecular weight is 283 g/mol. The predicted molar refractivity (Wildman–Crippen MR) is 87.4 cm³/mol. The molecule has 0 saturated carbocycles. The Balaban J connectivity index is 2.16. The van der Waals surface area contributed by atoms with Crippen LogP contribution in [0.4, 0.5) is 11.4 Å². The van der Waals surface area contributed by atoms with Gasteiger partial charge >= 0.3 is 0 Å². The molecule has 0 spiro atoms. The van der Waals surface area contributed by atoms with Crippen molar-refractivity contribution in [1.82, 2.24) is 4.90 Å². The fourth-order valence-electron chi connectivity index (χ4n) is 2.12. The average Bonchev–Trinajstić information content (AvgIpc) is 2.45. The molecule has 3 N–H and O–H groups in total. The van der Waals surface area contributed by atoms with Gasteiger partial charge in [-0.25, -0.2) is 0 Å². The Morgan fingerprint density at radius 3 is 2.62 bits per heavy atom. The van der Waals surface area contributed by atoms with Gasteiger partial charge in [-0.15, -0.1) is 0 Å². The first-order chi connectivity index (χ1) is 9.97. The molecule has 0 fully saturated rings. The summed E-state index contributed by atoms with van der Waals surface area (Å²) in [4.78, 5) is 13.5. The number of anilines is 2. The second kappa shape index (κ2) is 6.31. The number of nitrogens with zero attached hydrogens (tertiary/aromatic N) is 1. The maximum atomic E-state index is 12.0. The van der Waals surface area contributed by atoms with Gasteiger partial charge in [0.25, 0.3) is 5.91 Å². The fraction of sp³-hybridized carbons (Fsp3) is 0.235. The van der Waals surface area contributed by atoms with E-state index in [-0.39, 0.29) is 5.91 Å². The summed E-state index contributed by atoms with van der Waals surface area (Å²) in [7, 11) is 3.47. The SMILES string of the molecule is Cc1cccc(CNc2cc(C(=O)N(C)C)ccc2N)c1. The first-order valence-electron chi connectivity index (χ1n) is 6.88. The number of aryl methyl sites for hydroxylation is 1. The topological polar surface area (TPSA) is 58.4 Å². The molecule has 0 bridgehead atoms. The molecule has 0 aliphatic heterocycles. The van der Waals surface area contributed by atoms with Crippen molar-refractivity contribution >= 4 is 17.3 Å². The van der Waals surface area contributed by atoms with E-state index in [0.29, 0.717) is 17.8 Å². The molecule has 0 heterocycles. The first kappa shape index (κ1) is 14.9. The molecule has 0 aliphatic carbocycles. The van der Waals surface area contributed by atoms with Crippen molar-refractivity contribution in [2.75, 3.05) is 25.1 Å². The molecular formula is C17H21N3O. The van der Waals surface area contributed by atoms with E-state index in [1.54, 1.807) is 37.2 Å². The summed E-state index contributed by atoms with van der Waals surface area (Å²) in [5, 5.41) is 3.29. The van der Waals surface area contributed by atoms with Gasteiger partial charge in [-0.1, -0.05) is 29.8 Å². The molecule has 0 atom stereocenters. The van der Waals surface area contributed by atoms with Gasteiger partial charge in [0, 0.05) is 26.2 Å². The minimum atomic E-state index is -0.0337. The lowest BCUT2D eigenvalue weighted by atomic mass is 10.1. The van der Waals surface area contributed by atoms with Crippen molar-refractivity contribution in [1.29, 1.82) is 0 Å². The van der Waals surface area contributed by atoms with E-state index >= 15 is 0 Å². The van der Waals surface area contributed by atoms with Crippen LogP contribution in [0.25, 0.3) is 0 Å². The maximum absolute atomic E-state index is 12.0. The lowest BCUT2D eigenvalue weighted by Gasteiger charge is -2.14. The van der Waals surface area contributed by atoms with Gasteiger partial charge in [-0.2, -0.15) is 0 Å². The summed E-state index contributed by atoms with van der Waals surface area (Å²) in [5.41, 5.74) is 10.4. The summed E-state index contributed by atoms with van der Waals surface area (Å²) >= 11 is 0. The Bertz CT molecular complexity index is 650. The summed E-state index contributed by atoms with van der Waals surface area (Å²) in [6.45, 7) is 2.74. The second-order valence-corrected chi connectivity index (χ2v) is 5.34. The second-order valence-electron chi connectivity index (χ2n) is 5.34. The first-order valence-corrected chi connectivity index (χ1v) is 6.88. The number of nitrogens with one attached hydrogen (secondary N) is 1. The molecule has 2 rings (SSSR count). The van der Waals surface area contributed by atoms with E-state index in [0.717, 1.165) is 5.69 Å². The number of rotatable bonds is 4. The third-order valence-corrected chi connectivity index (χ3v) is 3.27. The highest BCUT2D eigenvalue weighted by Gasteiger charge is 2.10. The highest BCUT2D eigenvalue weighted by Crippen LogP contribution is 2.21. The van der Waals surface area contributed by atoms with Crippen molar-refractivity contribution < 1.29 is 4.79 Å². The highest BCUT2D eigenvalue weighted by atomic mass is 16.2. The van der Waals surface area contributed by atoms with Crippen LogP contribution in [0.3, 0.4) is 0 Å². The van der Waals surface area contributed by atoms with E-state index in [4.69, 9.17) is 5.73 Å². The molecule has 0 aromatic heterocycles. The third-order valence-electron chi connectivity index (χ3n) is 3.27. The predicted octanol–water partition coefficient (Wildman–Crippen LogP) is 2.89. The summed E-state index contributed by atoms with van der Waals surface area (Å²) in [6.07, 6.45) is 0. The summed E-state index contributed by atoms with van der Waals surface area (Å²) in [5.74, 6) is -0.0337. The zero-order valence-corrected chi connectivity index (χ0v) is 12.7. The molecule has 2 aromatic rings.